The highest BCUT2D eigenvalue weighted by atomic mass is 16.5. The number of ketones is 1. The van der Waals surface area contributed by atoms with Crippen LogP contribution < -0.4 is 15.9 Å². The summed E-state index contributed by atoms with van der Waals surface area (Å²) in [6, 6.07) is 11.7. The smallest absolute Gasteiger partial charge is 0.261 e. The number of nitrogens with one attached hydrogen (secondary N) is 1. The lowest BCUT2D eigenvalue weighted by Gasteiger charge is -2.44. The Balaban J connectivity index is 1.44. The van der Waals surface area contributed by atoms with Crippen LogP contribution in [0.3, 0.4) is 0 Å². The van der Waals surface area contributed by atoms with Crippen LogP contribution in [0.1, 0.15) is 44.1 Å². The zero-order valence-electron chi connectivity index (χ0n) is 19.0. The minimum absolute atomic E-state index is 0.410. The van der Waals surface area contributed by atoms with Gasteiger partial charge in [-0.1, -0.05) is 56.4 Å². The van der Waals surface area contributed by atoms with Crippen molar-refractivity contribution in [3.05, 3.63) is 66.5 Å². The second kappa shape index (κ2) is 11.1. The predicted molar refractivity (Wildman–Crippen MR) is 127 cm³/mol. The number of carbonyl (C=O) groups excluding carboxylic acids is 3. The summed E-state index contributed by atoms with van der Waals surface area (Å²) in [5.41, 5.74) is 9.48. The van der Waals surface area contributed by atoms with E-state index in [0.29, 0.717) is 18.1 Å². The van der Waals surface area contributed by atoms with Crippen molar-refractivity contribution in [2.45, 2.75) is 50.8 Å². The molecule has 0 radical (unpaired) electrons. The third-order valence-electron chi connectivity index (χ3n) is 6.35. The number of β-lactam (4-membered cyclic amide) rings is 1. The summed E-state index contributed by atoms with van der Waals surface area (Å²) in [7, 11) is 0. The van der Waals surface area contributed by atoms with Gasteiger partial charge in [0.1, 0.15) is 5.75 Å². The van der Waals surface area contributed by atoms with Gasteiger partial charge in [-0.05, 0) is 48.3 Å². The molecule has 0 spiro atoms. The Kier molecular flexibility index (Phi) is 7.69. The van der Waals surface area contributed by atoms with E-state index < -0.39 is 35.8 Å². The molecule has 2 aromatic rings. The highest BCUT2D eigenvalue weighted by Crippen LogP contribution is 2.30. The van der Waals surface area contributed by atoms with Crippen molar-refractivity contribution in [1.82, 2.24) is 15.4 Å². The molecule has 2 heterocycles. The van der Waals surface area contributed by atoms with E-state index >= 15 is 0 Å². The van der Waals surface area contributed by atoms with Gasteiger partial charge in [0.2, 0.25) is 6.23 Å². The van der Waals surface area contributed by atoms with Crippen molar-refractivity contribution in [1.29, 1.82) is 0 Å². The van der Waals surface area contributed by atoms with Gasteiger partial charge < -0.3 is 10.5 Å². The summed E-state index contributed by atoms with van der Waals surface area (Å²) in [6.07, 6.45) is 11.5. The molecule has 2 amide bonds. The number of rotatable bonds is 9. The summed E-state index contributed by atoms with van der Waals surface area (Å²) in [6.45, 7) is 0. The molecule has 1 aromatic carbocycles. The molecular formula is C26H30N4O4. The number of benzene rings is 1. The van der Waals surface area contributed by atoms with Crippen molar-refractivity contribution < 1.29 is 19.1 Å². The maximum absolute atomic E-state index is 12.9. The first-order chi connectivity index (χ1) is 16.5. The van der Waals surface area contributed by atoms with Crippen LogP contribution in [0.4, 0.5) is 0 Å². The molecule has 34 heavy (non-hydrogen) atoms. The molecule has 0 bridgehead atoms. The first kappa shape index (κ1) is 23.6. The van der Waals surface area contributed by atoms with Gasteiger partial charge in [0, 0.05) is 12.4 Å². The summed E-state index contributed by atoms with van der Waals surface area (Å²) >= 11 is 0. The Hall–Kier alpha value is -3.52. The second-order valence-electron chi connectivity index (χ2n) is 8.85. The SMILES string of the molecule is NC(CC1CCCCC1)C(=O)NN1C(=O)C(C(=O)C=Cc2cccnc2)C1Oc1ccccc1. The van der Waals surface area contributed by atoms with Crippen molar-refractivity contribution in [2.24, 2.45) is 17.6 Å². The largest absolute Gasteiger partial charge is 0.467 e. The maximum Gasteiger partial charge on any atom is 0.261 e. The van der Waals surface area contributed by atoms with E-state index in [4.69, 9.17) is 10.5 Å². The Bertz CT molecular complexity index is 1020. The van der Waals surface area contributed by atoms with E-state index in [9.17, 15) is 14.4 Å². The molecule has 1 aliphatic carbocycles. The Morgan fingerprint density at radius 3 is 2.62 bits per heavy atom. The van der Waals surface area contributed by atoms with Gasteiger partial charge in [0.15, 0.2) is 11.7 Å². The van der Waals surface area contributed by atoms with E-state index in [0.717, 1.165) is 36.3 Å². The van der Waals surface area contributed by atoms with Gasteiger partial charge in [0.05, 0.1) is 6.04 Å². The molecule has 8 heteroatoms. The zero-order valence-corrected chi connectivity index (χ0v) is 19.0. The topological polar surface area (TPSA) is 115 Å². The quantitative estimate of drug-likeness (QED) is 0.336. The predicted octanol–water partition coefficient (Wildman–Crippen LogP) is 2.86. The standard InChI is InChI=1S/C26H30N4O4/c27-21(16-18-8-3-1-4-9-18)24(32)29-30-25(33)23(26(30)34-20-11-5-2-6-12-20)22(31)14-13-19-10-7-15-28-17-19/h2,5-7,10-15,17-18,21,23,26H,1,3-4,8-9,16,27H2,(H,29,32). The molecule has 3 atom stereocenters. The van der Waals surface area contributed by atoms with Gasteiger partial charge >= 0.3 is 0 Å². The number of amides is 2. The Morgan fingerprint density at radius 2 is 1.91 bits per heavy atom. The molecule has 2 fully saturated rings. The molecule has 2 aliphatic rings. The van der Waals surface area contributed by atoms with Crippen LogP contribution in [0.25, 0.3) is 6.08 Å². The molecule has 1 aliphatic heterocycles. The van der Waals surface area contributed by atoms with Crippen LogP contribution in [-0.4, -0.2) is 39.9 Å². The fourth-order valence-electron chi connectivity index (χ4n) is 4.45. The monoisotopic (exact) mass is 462 g/mol. The third-order valence-corrected chi connectivity index (χ3v) is 6.35. The molecule has 1 saturated carbocycles. The van der Waals surface area contributed by atoms with E-state index in [1.807, 2.05) is 6.07 Å². The number of nitrogens with two attached hydrogens (primary N) is 1. The normalized spacial score (nSPS) is 21.7. The van der Waals surface area contributed by atoms with E-state index in [-0.39, 0.29) is 0 Å². The Labute approximate surface area is 199 Å². The zero-order chi connectivity index (χ0) is 23.9. The average Bonchev–Trinajstić information content (AvgIpc) is 2.87. The van der Waals surface area contributed by atoms with Crippen LogP contribution in [0, 0.1) is 11.8 Å². The molecule has 178 valence electrons. The first-order valence-corrected chi connectivity index (χ1v) is 11.8. The molecule has 1 aromatic heterocycles. The number of para-hydroxylation sites is 1. The minimum atomic E-state index is -1.07. The van der Waals surface area contributed by atoms with Gasteiger partial charge in [-0.25, -0.2) is 5.01 Å². The van der Waals surface area contributed by atoms with Crippen molar-refractivity contribution in [3.63, 3.8) is 0 Å². The van der Waals surface area contributed by atoms with Gasteiger partial charge in [-0.3, -0.25) is 24.8 Å². The molecular weight excluding hydrogens is 432 g/mol. The van der Waals surface area contributed by atoms with Crippen LogP contribution in [-0.2, 0) is 14.4 Å². The summed E-state index contributed by atoms with van der Waals surface area (Å²) in [5, 5.41) is 1.08. The molecule has 3 unspecified atom stereocenters. The van der Waals surface area contributed by atoms with Crippen LogP contribution in [0.2, 0.25) is 0 Å². The van der Waals surface area contributed by atoms with Crippen molar-refractivity contribution in [3.8, 4) is 5.75 Å². The van der Waals surface area contributed by atoms with Gasteiger partial charge in [-0.15, -0.1) is 0 Å². The van der Waals surface area contributed by atoms with Gasteiger partial charge in [-0.2, -0.15) is 0 Å². The number of hydrogen-bond acceptors (Lipinski definition) is 6. The molecule has 8 nitrogen and oxygen atoms in total. The number of carbonyl (C=O) groups is 3. The lowest BCUT2D eigenvalue weighted by Crippen LogP contribution is -2.72. The van der Waals surface area contributed by atoms with Crippen molar-refractivity contribution >= 4 is 23.7 Å². The number of allylic oxidation sites excluding steroid dienone is 1. The fourth-order valence-corrected chi connectivity index (χ4v) is 4.45. The highest BCUT2D eigenvalue weighted by Gasteiger charge is 2.54. The van der Waals surface area contributed by atoms with Crippen molar-refractivity contribution in [2.75, 3.05) is 0 Å². The number of nitrogens with zero attached hydrogens (tertiary/aromatic N) is 2. The molecule has 1 saturated heterocycles. The van der Waals surface area contributed by atoms with E-state index in [1.54, 1.807) is 54.9 Å². The highest BCUT2D eigenvalue weighted by molar-refractivity contribution is 6.12. The minimum Gasteiger partial charge on any atom is -0.467 e. The summed E-state index contributed by atoms with van der Waals surface area (Å²) in [4.78, 5) is 42.5. The number of hydrogen-bond donors (Lipinski definition) is 2. The third kappa shape index (κ3) is 5.69. The second-order valence-corrected chi connectivity index (χ2v) is 8.85. The summed E-state index contributed by atoms with van der Waals surface area (Å²) < 4.78 is 5.93. The lowest BCUT2D eigenvalue weighted by molar-refractivity contribution is -0.189. The molecule has 3 N–H and O–H groups in total. The number of aromatic nitrogens is 1. The number of pyridine rings is 1. The average molecular weight is 463 g/mol. The van der Waals surface area contributed by atoms with Crippen LogP contribution in [0.15, 0.2) is 60.9 Å². The lowest BCUT2D eigenvalue weighted by atomic mass is 9.85. The fraction of sp³-hybridized carbons (Fsp3) is 0.385. The van der Waals surface area contributed by atoms with Crippen LogP contribution in [0.5, 0.6) is 5.75 Å². The van der Waals surface area contributed by atoms with Gasteiger partial charge in [0.25, 0.3) is 11.8 Å². The maximum atomic E-state index is 12.9. The molecule has 4 rings (SSSR count). The number of hydrazine groups is 1. The Morgan fingerprint density at radius 1 is 1.15 bits per heavy atom. The van der Waals surface area contributed by atoms with E-state index in [2.05, 4.69) is 10.4 Å². The van der Waals surface area contributed by atoms with E-state index in [1.165, 1.54) is 12.5 Å². The number of ether oxygens (including phenoxy) is 1. The summed E-state index contributed by atoms with van der Waals surface area (Å²) in [5.74, 6) is -1.54. The first-order valence-electron chi connectivity index (χ1n) is 11.8. The van der Waals surface area contributed by atoms with Crippen LogP contribution >= 0.6 is 0 Å².